The van der Waals surface area contributed by atoms with Gasteiger partial charge in [-0.1, -0.05) is 6.07 Å². The second-order valence-corrected chi connectivity index (χ2v) is 7.59. The molecule has 0 aliphatic carbocycles. The molecule has 0 spiro atoms. The third-order valence-electron chi connectivity index (χ3n) is 4.51. The summed E-state index contributed by atoms with van der Waals surface area (Å²) in [6.07, 6.45) is -3.43. The van der Waals surface area contributed by atoms with Crippen LogP contribution < -0.4 is 5.32 Å². The zero-order chi connectivity index (χ0) is 18.7. The number of benzene rings is 1. The van der Waals surface area contributed by atoms with Crippen LogP contribution in [0.25, 0.3) is 0 Å². The molecule has 3 aliphatic heterocycles. The maximum Gasteiger partial charge on any atom is 0.256 e. The number of anilines is 1. The Kier molecular flexibility index (Phi) is 4.09. The van der Waals surface area contributed by atoms with E-state index in [1.165, 1.54) is 18.2 Å². The van der Waals surface area contributed by atoms with Crippen LogP contribution in [-0.2, 0) is 28.5 Å². The molecule has 142 valence electrons. The number of amides is 1. The van der Waals surface area contributed by atoms with E-state index in [-0.39, 0.29) is 0 Å². The average molecular weight is 367 g/mol. The highest BCUT2D eigenvalue weighted by molar-refractivity contribution is 5.94. The predicted molar refractivity (Wildman–Crippen MR) is 87.6 cm³/mol. The van der Waals surface area contributed by atoms with Crippen molar-refractivity contribution in [1.82, 2.24) is 0 Å². The van der Waals surface area contributed by atoms with Crippen LogP contribution in [0.15, 0.2) is 24.3 Å². The summed E-state index contributed by atoms with van der Waals surface area (Å²) in [5.74, 6) is -2.65. The second-order valence-electron chi connectivity index (χ2n) is 7.59. The van der Waals surface area contributed by atoms with Crippen LogP contribution in [0.3, 0.4) is 0 Å². The zero-order valence-electron chi connectivity index (χ0n) is 15.0. The van der Waals surface area contributed by atoms with E-state index in [4.69, 9.17) is 23.7 Å². The van der Waals surface area contributed by atoms with Gasteiger partial charge in [0.25, 0.3) is 5.91 Å². The molecule has 3 saturated heterocycles. The Hall–Kier alpha value is -1.58. The van der Waals surface area contributed by atoms with E-state index in [9.17, 15) is 9.18 Å². The summed E-state index contributed by atoms with van der Waals surface area (Å²) < 4.78 is 42.8. The first kappa shape index (κ1) is 17.8. The third kappa shape index (κ3) is 3.23. The summed E-state index contributed by atoms with van der Waals surface area (Å²) in [6, 6.07) is 5.64. The van der Waals surface area contributed by atoms with Gasteiger partial charge in [-0.3, -0.25) is 4.79 Å². The van der Waals surface area contributed by atoms with Crippen molar-refractivity contribution < 1.29 is 32.9 Å². The Bertz CT molecular complexity index is 723. The molecule has 0 radical (unpaired) electrons. The Balaban J connectivity index is 1.58. The van der Waals surface area contributed by atoms with Crippen molar-refractivity contribution in [2.45, 2.75) is 70.0 Å². The molecule has 7 nitrogen and oxygen atoms in total. The number of carbonyl (C=O) groups excluding carboxylic acids is 1. The van der Waals surface area contributed by atoms with Gasteiger partial charge in [-0.2, -0.15) is 0 Å². The molecule has 1 aromatic rings. The minimum absolute atomic E-state index is 0.333. The van der Waals surface area contributed by atoms with E-state index >= 15 is 0 Å². The van der Waals surface area contributed by atoms with Gasteiger partial charge in [0.15, 0.2) is 24.0 Å². The Morgan fingerprint density at radius 3 is 2.38 bits per heavy atom. The van der Waals surface area contributed by atoms with Crippen molar-refractivity contribution in [1.29, 1.82) is 0 Å². The Morgan fingerprint density at radius 2 is 1.65 bits per heavy atom. The van der Waals surface area contributed by atoms with Crippen molar-refractivity contribution in [3.05, 3.63) is 30.1 Å². The minimum atomic E-state index is -0.983. The van der Waals surface area contributed by atoms with Gasteiger partial charge in [-0.05, 0) is 45.9 Å². The molecule has 3 aliphatic rings. The number of hydrogen-bond acceptors (Lipinski definition) is 6. The predicted octanol–water partition coefficient (Wildman–Crippen LogP) is 2.16. The van der Waals surface area contributed by atoms with Crippen molar-refractivity contribution in [2.24, 2.45) is 0 Å². The standard InChI is InChI=1S/C18H22FNO6/c1-17(2)23-11-12(24-17)14-16(26-18(3,4)25-14)22-13(11)15(21)20-10-7-5-6-9(19)8-10/h5-8,11-14,16H,1-4H3,(H,20,21)/t11-,12-,13+,14-,16+/m1/s1. The van der Waals surface area contributed by atoms with Crippen molar-refractivity contribution in [2.75, 3.05) is 5.32 Å². The highest BCUT2D eigenvalue weighted by Gasteiger charge is 2.62. The number of rotatable bonds is 2. The maximum absolute atomic E-state index is 13.4. The quantitative estimate of drug-likeness (QED) is 0.863. The minimum Gasteiger partial charge on any atom is -0.342 e. The fraction of sp³-hybridized carbons (Fsp3) is 0.611. The summed E-state index contributed by atoms with van der Waals surface area (Å²) in [6.45, 7) is 7.07. The monoisotopic (exact) mass is 367 g/mol. The number of carbonyl (C=O) groups is 1. The molecule has 0 saturated carbocycles. The van der Waals surface area contributed by atoms with Crippen LogP contribution in [0.1, 0.15) is 27.7 Å². The normalized spacial score (nSPS) is 37.0. The van der Waals surface area contributed by atoms with Crippen LogP contribution in [0.4, 0.5) is 10.1 Å². The smallest absolute Gasteiger partial charge is 0.256 e. The molecule has 0 unspecified atom stereocenters. The number of hydrogen-bond donors (Lipinski definition) is 1. The summed E-state index contributed by atoms with van der Waals surface area (Å²) in [5, 5.41) is 2.66. The molecule has 5 atom stereocenters. The van der Waals surface area contributed by atoms with E-state index < -0.39 is 54.0 Å². The first-order valence-electron chi connectivity index (χ1n) is 8.57. The second kappa shape index (κ2) is 5.97. The van der Waals surface area contributed by atoms with Crippen molar-refractivity contribution in [3.63, 3.8) is 0 Å². The molecule has 0 aromatic heterocycles. The lowest BCUT2D eigenvalue weighted by Gasteiger charge is -2.36. The summed E-state index contributed by atoms with van der Waals surface area (Å²) in [5.41, 5.74) is 0.333. The van der Waals surface area contributed by atoms with Gasteiger partial charge in [0, 0.05) is 5.69 Å². The zero-order valence-corrected chi connectivity index (χ0v) is 15.0. The molecule has 3 heterocycles. The number of nitrogens with one attached hydrogen (secondary N) is 1. The molecule has 1 amide bonds. The molecule has 8 heteroatoms. The van der Waals surface area contributed by atoms with Gasteiger partial charge in [0.05, 0.1) is 0 Å². The number of ether oxygens (including phenoxy) is 5. The fourth-order valence-electron chi connectivity index (χ4n) is 3.60. The summed E-state index contributed by atoms with van der Waals surface area (Å²) in [7, 11) is 0. The molecule has 26 heavy (non-hydrogen) atoms. The van der Waals surface area contributed by atoms with E-state index in [1.807, 2.05) is 0 Å². The van der Waals surface area contributed by atoms with Gasteiger partial charge in [-0.25, -0.2) is 4.39 Å². The maximum atomic E-state index is 13.4. The van der Waals surface area contributed by atoms with Crippen LogP contribution >= 0.6 is 0 Å². The van der Waals surface area contributed by atoms with Crippen LogP contribution in [0.5, 0.6) is 0 Å². The van der Waals surface area contributed by atoms with Crippen molar-refractivity contribution >= 4 is 11.6 Å². The van der Waals surface area contributed by atoms with Crippen LogP contribution in [0.2, 0.25) is 0 Å². The number of fused-ring (bicyclic) bond motifs is 3. The largest absolute Gasteiger partial charge is 0.342 e. The number of halogens is 1. The van der Waals surface area contributed by atoms with Gasteiger partial charge >= 0.3 is 0 Å². The van der Waals surface area contributed by atoms with Gasteiger partial charge < -0.3 is 29.0 Å². The van der Waals surface area contributed by atoms with E-state index in [2.05, 4.69) is 5.32 Å². The average Bonchev–Trinajstić information content (AvgIpc) is 3.00. The molecule has 0 bridgehead atoms. The Labute approximate surface area is 150 Å². The Morgan fingerprint density at radius 1 is 1.00 bits per heavy atom. The molecular formula is C18H22FNO6. The third-order valence-corrected chi connectivity index (χ3v) is 4.51. The van der Waals surface area contributed by atoms with Crippen LogP contribution in [-0.4, -0.2) is 48.2 Å². The topological polar surface area (TPSA) is 75.3 Å². The lowest BCUT2D eigenvalue weighted by Crippen LogP contribution is -2.58. The van der Waals surface area contributed by atoms with Gasteiger partial charge in [-0.15, -0.1) is 0 Å². The lowest BCUT2D eigenvalue weighted by molar-refractivity contribution is -0.229. The molecular weight excluding hydrogens is 345 g/mol. The first-order valence-corrected chi connectivity index (χ1v) is 8.57. The molecule has 4 rings (SSSR count). The molecule has 1 N–H and O–H groups in total. The highest BCUT2D eigenvalue weighted by atomic mass is 19.1. The summed E-state index contributed by atoms with van der Waals surface area (Å²) >= 11 is 0. The summed E-state index contributed by atoms with van der Waals surface area (Å²) in [4.78, 5) is 12.8. The highest BCUT2D eigenvalue weighted by Crippen LogP contribution is 2.44. The fourth-order valence-corrected chi connectivity index (χ4v) is 3.60. The van der Waals surface area contributed by atoms with E-state index in [0.29, 0.717) is 5.69 Å². The van der Waals surface area contributed by atoms with E-state index in [0.717, 1.165) is 0 Å². The van der Waals surface area contributed by atoms with Gasteiger partial charge in [0.2, 0.25) is 0 Å². The van der Waals surface area contributed by atoms with E-state index in [1.54, 1.807) is 33.8 Å². The molecule has 3 fully saturated rings. The van der Waals surface area contributed by atoms with Crippen molar-refractivity contribution in [3.8, 4) is 0 Å². The first-order chi connectivity index (χ1) is 12.1. The SMILES string of the molecule is CC1(C)O[C@@H]2[C@@H](O1)[C@@H](C(=O)Nc1cccc(F)c1)O[C@H]1OC(C)(C)O[C@@H]12. The van der Waals surface area contributed by atoms with Gasteiger partial charge in [0.1, 0.15) is 24.1 Å². The van der Waals surface area contributed by atoms with Crippen LogP contribution in [0, 0.1) is 5.82 Å². The lowest BCUT2D eigenvalue weighted by atomic mass is 9.98. The molecule has 1 aromatic carbocycles.